The van der Waals surface area contributed by atoms with Crippen LogP contribution in [0.15, 0.2) is 82.5 Å². The lowest BCUT2D eigenvalue weighted by Crippen LogP contribution is -2.42. The molecular weight excluding hydrogens is 387 g/mol. The molecule has 2 aromatic carbocycles. The summed E-state index contributed by atoms with van der Waals surface area (Å²) >= 11 is 0. The maximum absolute atomic E-state index is 13.1. The molecule has 0 spiro atoms. The molecule has 4 aromatic rings. The van der Waals surface area contributed by atoms with Gasteiger partial charge >= 0.3 is 5.69 Å². The maximum atomic E-state index is 13.1. The standard InChI is InChI=1S/C22H17FN4O3/c23-16-8-10-17(11-9-16)25-19(28)14-26-20-18(7-4-12-24-20)21(29)27(22(26)30)13-15-5-2-1-3-6-15/h1-12H,13-14H2,(H,25,28). The van der Waals surface area contributed by atoms with E-state index in [1.54, 1.807) is 12.1 Å². The number of halogens is 1. The average Bonchev–Trinajstić information content (AvgIpc) is 2.76. The second kappa shape index (κ2) is 8.12. The fourth-order valence-corrected chi connectivity index (χ4v) is 3.17. The Balaban J connectivity index is 1.74. The summed E-state index contributed by atoms with van der Waals surface area (Å²) in [5.74, 6) is -0.923. The first kappa shape index (κ1) is 19.3. The predicted molar refractivity (Wildman–Crippen MR) is 111 cm³/mol. The van der Waals surface area contributed by atoms with E-state index < -0.39 is 23.0 Å². The van der Waals surface area contributed by atoms with Crippen molar-refractivity contribution in [1.29, 1.82) is 0 Å². The van der Waals surface area contributed by atoms with Crippen molar-refractivity contribution in [2.45, 2.75) is 13.1 Å². The predicted octanol–water partition coefficient (Wildman–Crippen LogP) is 2.38. The van der Waals surface area contributed by atoms with E-state index in [0.717, 1.165) is 10.1 Å². The number of rotatable bonds is 5. The molecule has 0 aliphatic heterocycles. The SMILES string of the molecule is O=C(Cn1c(=O)n(Cc2ccccc2)c(=O)c2cccnc21)Nc1ccc(F)cc1. The number of hydrogen-bond donors (Lipinski definition) is 1. The third-order valence-electron chi connectivity index (χ3n) is 4.59. The maximum Gasteiger partial charge on any atom is 0.333 e. The van der Waals surface area contributed by atoms with E-state index >= 15 is 0 Å². The Morgan fingerprint density at radius 1 is 0.933 bits per heavy atom. The van der Waals surface area contributed by atoms with Gasteiger partial charge in [0.15, 0.2) is 0 Å². The third kappa shape index (κ3) is 3.88. The number of fused-ring (bicyclic) bond motifs is 1. The topological polar surface area (TPSA) is 86.0 Å². The van der Waals surface area contributed by atoms with Gasteiger partial charge in [-0.15, -0.1) is 0 Å². The molecule has 0 aliphatic carbocycles. The normalized spacial score (nSPS) is 10.8. The highest BCUT2D eigenvalue weighted by Gasteiger charge is 2.16. The molecule has 1 N–H and O–H groups in total. The highest BCUT2D eigenvalue weighted by molar-refractivity contribution is 5.91. The molecule has 2 aromatic heterocycles. The van der Waals surface area contributed by atoms with Gasteiger partial charge in [0.2, 0.25) is 5.91 Å². The van der Waals surface area contributed by atoms with Crippen LogP contribution in [0, 0.1) is 5.82 Å². The number of pyridine rings is 1. The summed E-state index contributed by atoms with van der Waals surface area (Å²) in [7, 11) is 0. The molecule has 0 saturated heterocycles. The monoisotopic (exact) mass is 404 g/mol. The zero-order chi connectivity index (χ0) is 21.1. The van der Waals surface area contributed by atoms with Crippen LogP contribution in [0.4, 0.5) is 10.1 Å². The van der Waals surface area contributed by atoms with Crippen LogP contribution in [0.3, 0.4) is 0 Å². The van der Waals surface area contributed by atoms with E-state index in [9.17, 15) is 18.8 Å². The van der Waals surface area contributed by atoms with Crippen molar-refractivity contribution in [3.63, 3.8) is 0 Å². The second-order valence-electron chi connectivity index (χ2n) is 6.68. The molecular formula is C22H17FN4O3. The van der Waals surface area contributed by atoms with Crippen LogP contribution >= 0.6 is 0 Å². The van der Waals surface area contributed by atoms with E-state index in [2.05, 4.69) is 10.3 Å². The number of carbonyl (C=O) groups excluding carboxylic acids is 1. The quantitative estimate of drug-likeness (QED) is 0.553. The lowest BCUT2D eigenvalue weighted by molar-refractivity contribution is -0.116. The Morgan fingerprint density at radius 2 is 1.67 bits per heavy atom. The van der Waals surface area contributed by atoms with Crippen molar-refractivity contribution < 1.29 is 9.18 Å². The van der Waals surface area contributed by atoms with E-state index in [4.69, 9.17) is 0 Å². The van der Waals surface area contributed by atoms with Crippen LogP contribution in [0.5, 0.6) is 0 Å². The molecule has 8 heteroatoms. The van der Waals surface area contributed by atoms with E-state index in [1.807, 2.05) is 30.3 Å². The molecule has 0 fully saturated rings. The third-order valence-corrected chi connectivity index (χ3v) is 4.59. The van der Waals surface area contributed by atoms with E-state index in [0.29, 0.717) is 5.69 Å². The lowest BCUT2D eigenvalue weighted by atomic mass is 10.2. The van der Waals surface area contributed by atoms with Crippen LogP contribution in [0.2, 0.25) is 0 Å². The summed E-state index contributed by atoms with van der Waals surface area (Å²) in [5, 5.41) is 2.85. The molecule has 1 amide bonds. The number of nitrogens with zero attached hydrogens (tertiary/aromatic N) is 3. The fourth-order valence-electron chi connectivity index (χ4n) is 3.17. The molecule has 2 heterocycles. The van der Waals surface area contributed by atoms with E-state index in [1.165, 1.54) is 35.0 Å². The van der Waals surface area contributed by atoms with Crippen molar-refractivity contribution in [1.82, 2.24) is 14.1 Å². The number of hydrogen-bond acceptors (Lipinski definition) is 4. The van der Waals surface area contributed by atoms with Gasteiger partial charge in [-0.1, -0.05) is 30.3 Å². The molecule has 0 unspecified atom stereocenters. The zero-order valence-electron chi connectivity index (χ0n) is 15.8. The Kier molecular flexibility index (Phi) is 5.21. The molecule has 0 bridgehead atoms. The number of aromatic nitrogens is 3. The summed E-state index contributed by atoms with van der Waals surface area (Å²) in [6.45, 7) is -0.276. The van der Waals surface area contributed by atoms with E-state index in [-0.39, 0.29) is 24.1 Å². The summed E-state index contributed by atoms with van der Waals surface area (Å²) in [6, 6.07) is 17.5. The molecule has 0 atom stereocenters. The van der Waals surface area contributed by atoms with Gasteiger partial charge in [0.1, 0.15) is 18.0 Å². The van der Waals surface area contributed by atoms with Gasteiger partial charge in [-0.25, -0.2) is 14.2 Å². The molecule has 30 heavy (non-hydrogen) atoms. The summed E-state index contributed by atoms with van der Waals surface area (Å²) in [4.78, 5) is 42.7. The molecule has 0 saturated carbocycles. The molecule has 0 aliphatic rings. The molecule has 7 nitrogen and oxygen atoms in total. The lowest BCUT2D eigenvalue weighted by Gasteiger charge is -2.13. The Hall–Kier alpha value is -4.07. The Labute approximate surface area is 170 Å². The van der Waals surface area contributed by atoms with Gasteiger partial charge < -0.3 is 5.32 Å². The van der Waals surface area contributed by atoms with Crippen LogP contribution in [-0.2, 0) is 17.9 Å². The van der Waals surface area contributed by atoms with Gasteiger partial charge in [-0.05, 0) is 42.0 Å². The first-order valence-corrected chi connectivity index (χ1v) is 9.20. The number of carbonyl (C=O) groups is 1. The fraction of sp³-hybridized carbons (Fsp3) is 0.0909. The van der Waals surface area contributed by atoms with Crippen LogP contribution < -0.4 is 16.6 Å². The average molecular weight is 404 g/mol. The van der Waals surface area contributed by atoms with Gasteiger partial charge in [-0.2, -0.15) is 0 Å². The highest BCUT2D eigenvalue weighted by Crippen LogP contribution is 2.09. The van der Waals surface area contributed by atoms with Crippen LogP contribution in [0.25, 0.3) is 11.0 Å². The van der Waals surface area contributed by atoms with Crippen LogP contribution in [0.1, 0.15) is 5.56 Å². The summed E-state index contributed by atoms with van der Waals surface area (Å²) in [6.07, 6.45) is 1.46. The van der Waals surface area contributed by atoms with Gasteiger partial charge in [0, 0.05) is 11.9 Å². The largest absolute Gasteiger partial charge is 0.333 e. The Morgan fingerprint density at radius 3 is 2.40 bits per heavy atom. The van der Waals surface area contributed by atoms with Crippen LogP contribution in [-0.4, -0.2) is 20.0 Å². The number of amides is 1. The highest BCUT2D eigenvalue weighted by atomic mass is 19.1. The van der Waals surface area contributed by atoms with Crippen molar-refractivity contribution in [2.75, 3.05) is 5.32 Å². The smallest absolute Gasteiger partial charge is 0.325 e. The number of nitrogens with one attached hydrogen (secondary N) is 1. The summed E-state index contributed by atoms with van der Waals surface area (Å²) in [5.41, 5.74) is 0.198. The number of benzene rings is 2. The van der Waals surface area contributed by atoms with Crippen molar-refractivity contribution in [2.24, 2.45) is 0 Å². The Bertz CT molecular complexity index is 1330. The minimum atomic E-state index is -0.635. The minimum Gasteiger partial charge on any atom is -0.325 e. The van der Waals surface area contributed by atoms with Crippen molar-refractivity contribution in [3.8, 4) is 0 Å². The van der Waals surface area contributed by atoms with Gasteiger partial charge in [0.05, 0.1) is 11.9 Å². The minimum absolute atomic E-state index is 0.0723. The van der Waals surface area contributed by atoms with Gasteiger partial charge in [0.25, 0.3) is 5.56 Å². The molecule has 150 valence electrons. The summed E-state index contributed by atoms with van der Waals surface area (Å²) < 4.78 is 15.3. The first-order chi connectivity index (χ1) is 14.5. The number of anilines is 1. The second-order valence-corrected chi connectivity index (χ2v) is 6.68. The first-order valence-electron chi connectivity index (χ1n) is 9.20. The van der Waals surface area contributed by atoms with Crippen molar-refractivity contribution in [3.05, 3.63) is 105 Å². The molecule has 4 rings (SSSR count). The zero-order valence-corrected chi connectivity index (χ0v) is 15.8. The van der Waals surface area contributed by atoms with Crippen molar-refractivity contribution >= 4 is 22.6 Å². The molecule has 0 radical (unpaired) electrons. The van der Waals surface area contributed by atoms with Gasteiger partial charge in [-0.3, -0.25) is 18.7 Å².